The third-order valence-corrected chi connectivity index (χ3v) is 2.57. The lowest BCUT2D eigenvalue weighted by atomic mass is 9.99. The molecule has 1 unspecified atom stereocenters. The molecule has 0 fully saturated rings. The molecule has 21 heavy (non-hydrogen) atoms. The minimum Gasteiger partial charge on any atom is -0.463 e. The third kappa shape index (κ3) is 7.24. The van der Waals surface area contributed by atoms with Gasteiger partial charge < -0.3 is 18.9 Å². The van der Waals surface area contributed by atoms with Crippen LogP contribution in [-0.2, 0) is 28.5 Å². The smallest absolute Gasteiger partial charge is 0.303 e. The van der Waals surface area contributed by atoms with Crippen LogP contribution < -0.4 is 0 Å². The summed E-state index contributed by atoms with van der Waals surface area (Å²) < 4.78 is 21.4. The molecule has 6 nitrogen and oxygen atoms in total. The average molecular weight is 300 g/mol. The van der Waals surface area contributed by atoms with Crippen molar-refractivity contribution in [2.24, 2.45) is 5.41 Å². The van der Waals surface area contributed by atoms with Gasteiger partial charge in [0.15, 0.2) is 6.29 Å². The van der Waals surface area contributed by atoms with Crippen molar-refractivity contribution in [3.8, 4) is 0 Å². The summed E-state index contributed by atoms with van der Waals surface area (Å²) in [7, 11) is 0. The first-order valence-electron chi connectivity index (χ1n) is 6.93. The Kier molecular flexibility index (Phi) is 6.36. The molecule has 1 heterocycles. The van der Waals surface area contributed by atoms with E-state index in [0.717, 1.165) is 0 Å². The van der Waals surface area contributed by atoms with Gasteiger partial charge in [-0.3, -0.25) is 9.59 Å². The zero-order valence-corrected chi connectivity index (χ0v) is 13.3. The Balaban J connectivity index is 2.64. The van der Waals surface area contributed by atoms with Gasteiger partial charge in [-0.2, -0.15) is 0 Å². The second kappa shape index (κ2) is 7.56. The second-order valence-corrected chi connectivity index (χ2v) is 6.18. The zero-order chi connectivity index (χ0) is 16.0. The molecule has 0 spiro atoms. The van der Waals surface area contributed by atoms with E-state index in [1.165, 1.54) is 13.8 Å². The van der Waals surface area contributed by atoms with Crippen molar-refractivity contribution in [3.63, 3.8) is 0 Å². The van der Waals surface area contributed by atoms with Crippen molar-refractivity contribution in [1.29, 1.82) is 0 Å². The van der Waals surface area contributed by atoms with Crippen LogP contribution in [0.3, 0.4) is 0 Å². The molecule has 0 aromatic carbocycles. The molecule has 1 rings (SSSR count). The summed E-state index contributed by atoms with van der Waals surface area (Å²) in [6, 6.07) is 0. The summed E-state index contributed by atoms with van der Waals surface area (Å²) in [5, 5.41) is 0. The van der Waals surface area contributed by atoms with Crippen molar-refractivity contribution in [2.45, 2.75) is 53.1 Å². The van der Waals surface area contributed by atoms with Gasteiger partial charge in [-0.15, -0.1) is 0 Å². The van der Waals surface area contributed by atoms with Crippen LogP contribution in [0.5, 0.6) is 0 Å². The van der Waals surface area contributed by atoms with Gasteiger partial charge in [0, 0.05) is 13.8 Å². The van der Waals surface area contributed by atoms with Gasteiger partial charge in [0.25, 0.3) is 0 Å². The maximum atomic E-state index is 11.1. The van der Waals surface area contributed by atoms with Crippen LogP contribution >= 0.6 is 0 Å². The Bertz CT molecular complexity index is 395. The van der Waals surface area contributed by atoms with Crippen LogP contribution in [0.15, 0.2) is 12.2 Å². The molecule has 6 heteroatoms. The largest absolute Gasteiger partial charge is 0.463 e. The molecule has 0 saturated carbocycles. The van der Waals surface area contributed by atoms with E-state index in [1.54, 1.807) is 12.2 Å². The zero-order valence-electron chi connectivity index (χ0n) is 13.3. The molecule has 3 atom stereocenters. The van der Waals surface area contributed by atoms with E-state index in [0.29, 0.717) is 6.61 Å². The summed E-state index contributed by atoms with van der Waals surface area (Å²) in [4.78, 5) is 22.0. The molecule has 1 aliphatic rings. The summed E-state index contributed by atoms with van der Waals surface area (Å²) in [6.45, 7) is 9.31. The first-order valence-corrected chi connectivity index (χ1v) is 6.93. The minimum absolute atomic E-state index is 0.00694. The molecular weight excluding hydrogens is 276 g/mol. The first-order chi connectivity index (χ1) is 9.67. The number of hydrogen-bond donors (Lipinski definition) is 0. The fraction of sp³-hybridized carbons (Fsp3) is 0.733. The van der Waals surface area contributed by atoms with Gasteiger partial charge in [-0.1, -0.05) is 20.8 Å². The fourth-order valence-corrected chi connectivity index (χ4v) is 1.69. The molecule has 0 amide bonds. The molecular formula is C15H24O6. The van der Waals surface area contributed by atoms with Crippen molar-refractivity contribution < 1.29 is 28.5 Å². The molecule has 0 radical (unpaired) electrons. The Morgan fingerprint density at radius 2 is 1.81 bits per heavy atom. The normalized spacial score (nSPS) is 25.5. The number of esters is 2. The maximum Gasteiger partial charge on any atom is 0.303 e. The Labute approximate surface area is 125 Å². The van der Waals surface area contributed by atoms with E-state index in [1.807, 2.05) is 0 Å². The van der Waals surface area contributed by atoms with Crippen LogP contribution in [0.2, 0.25) is 0 Å². The number of rotatable bonds is 5. The van der Waals surface area contributed by atoms with Crippen LogP contribution in [0.25, 0.3) is 0 Å². The number of hydrogen-bond acceptors (Lipinski definition) is 6. The highest BCUT2D eigenvalue weighted by molar-refractivity contribution is 5.66. The summed E-state index contributed by atoms with van der Waals surface area (Å²) in [6.07, 6.45) is 1.69. The van der Waals surface area contributed by atoms with Crippen molar-refractivity contribution in [1.82, 2.24) is 0 Å². The number of carbonyl (C=O) groups excluding carboxylic acids is 2. The number of carbonyl (C=O) groups is 2. The van der Waals surface area contributed by atoms with Crippen LogP contribution in [0, 0.1) is 5.41 Å². The van der Waals surface area contributed by atoms with Crippen LogP contribution in [0.1, 0.15) is 34.6 Å². The van der Waals surface area contributed by atoms with E-state index in [9.17, 15) is 9.59 Å². The molecule has 0 N–H and O–H groups in total. The fourth-order valence-electron chi connectivity index (χ4n) is 1.69. The summed E-state index contributed by atoms with van der Waals surface area (Å²) in [5.41, 5.74) is 0.00924. The van der Waals surface area contributed by atoms with Crippen molar-refractivity contribution in [2.75, 3.05) is 13.2 Å². The molecule has 0 aliphatic carbocycles. The number of ether oxygens (including phenoxy) is 4. The Hall–Kier alpha value is -1.40. The van der Waals surface area contributed by atoms with E-state index < -0.39 is 30.4 Å². The first kappa shape index (κ1) is 17.7. The molecule has 0 bridgehead atoms. The molecule has 120 valence electrons. The quantitative estimate of drug-likeness (QED) is 0.570. The Morgan fingerprint density at radius 3 is 2.33 bits per heavy atom. The summed E-state index contributed by atoms with van der Waals surface area (Å²) >= 11 is 0. The SMILES string of the molecule is CC(=O)OCC1O[C@H](OCC(C)(C)C)C=C[C@@H]1OC(C)=O. The molecule has 1 aliphatic heterocycles. The van der Waals surface area contributed by atoms with Gasteiger partial charge in [-0.25, -0.2) is 0 Å². The minimum atomic E-state index is -0.587. The second-order valence-electron chi connectivity index (χ2n) is 6.18. The molecule has 0 saturated heterocycles. The predicted molar refractivity (Wildman–Crippen MR) is 75.4 cm³/mol. The van der Waals surface area contributed by atoms with Gasteiger partial charge in [0.2, 0.25) is 0 Å². The average Bonchev–Trinajstić information content (AvgIpc) is 2.34. The van der Waals surface area contributed by atoms with Crippen molar-refractivity contribution >= 4 is 11.9 Å². The van der Waals surface area contributed by atoms with Gasteiger partial charge in [0.1, 0.15) is 18.8 Å². The van der Waals surface area contributed by atoms with Crippen LogP contribution in [-0.4, -0.2) is 43.7 Å². The lowest BCUT2D eigenvalue weighted by Crippen LogP contribution is -2.42. The maximum absolute atomic E-state index is 11.1. The third-order valence-electron chi connectivity index (χ3n) is 2.57. The Morgan fingerprint density at radius 1 is 1.14 bits per heavy atom. The highest BCUT2D eigenvalue weighted by Gasteiger charge is 2.31. The van der Waals surface area contributed by atoms with Gasteiger partial charge in [-0.05, 0) is 17.6 Å². The molecule has 0 aromatic heterocycles. The summed E-state index contributed by atoms with van der Waals surface area (Å²) in [5.74, 6) is -0.836. The molecule has 0 aromatic rings. The van der Waals surface area contributed by atoms with E-state index in [4.69, 9.17) is 18.9 Å². The topological polar surface area (TPSA) is 71.1 Å². The highest BCUT2D eigenvalue weighted by atomic mass is 16.7. The van der Waals surface area contributed by atoms with Crippen molar-refractivity contribution in [3.05, 3.63) is 12.2 Å². The van der Waals surface area contributed by atoms with Gasteiger partial charge in [0.05, 0.1) is 6.61 Å². The lowest BCUT2D eigenvalue weighted by Gasteiger charge is -2.32. The van der Waals surface area contributed by atoms with Crippen LogP contribution in [0.4, 0.5) is 0 Å². The van der Waals surface area contributed by atoms with E-state index in [2.05, 4.69) is 20.8 Å². The van der Waals surface area contributed by atoms with E-state index in [-0.39, 0.29) is 12.0 Å². The standard InChI is InChI=1S/C15H24O6/c1-10(16)18-8-13-12(20-11(2)17)6-7-14(21-13)19-9-15(3,4)5/h6-7,12-14H,8-9H2,1-5H3/t12-,13?,14-/m0/s1. The van der Waals surface area contributed by atoms with E-state index >= 15 is 0 Å². The lowest BCUT2D eigenvalue weighted by molar-refractivity contribution is -0.202. The predicted octanol–water partition coefficient (Wildman–Crippen LogP) is 1.82. The van der Waals surface area contributed by atoms with Gasteiger partial charge >= 0.3 is 11.9 Å². The monoisotopic (exact) mass is 300 g/mol. The highest BCUT2D eigenvalue weighted by Crippen LogP contribution is 2.21.